The highest BCUT2D eigenvalue weighted by Gasteiger charge is 2.33. The number of nitrogens with zero attached hydrogens (tertiary/aromatic N) is 1. The van der Waals surface area contributed by atoms with Gasteiger partial charge in [-0.05, 0) is 100 Å². The number of piperidine rings is 1. The van der Waals surface area contributed by atoms with Crippen LogP contribution in [0.4, 0.5) is 17.6 Å². The first-order valence-corrected chi connectivity index (χ1v) is 15.4. The van der Waals surface area contributed by atoms with Crippen molar-refractivity contribution < 1.29 is 31.9 Å². The average Bonchev–Trinajstić information content (AvgIpc) is 2.97. The summed E-state index contributed by atoms with van der Waals surface area (Å²) in [5, 5.41) is 3.12. The summed E-state index contributed by atoms with van der Waals surface area (Å²) in [5.41, 5.74) is 0.605. The maximum Gasteiger partial charge on any atom is 0.416 e. The molecule has 0 spiro atoms. The van der Waals surface area contributed by atoms with E-state index in [1.165, 1.54) is 24.3 Å². The van der Waals surface area contributed by atoms with E-state index in [2.05, 4.69) is 10.2 Å². The molecule has 9 heteroatoms. The predicted octanol–water partition coefficient (Wildman–Crippen LogP) is 8.18. The molecule has 1 amide bonds. The Labute approximate surface area is 263 Å². The zero-order chi connectivity index (χ0) is 32.8. The first-order valence-electron chi connectivity index (χ1n) is 15.4. The predicted molar refractivity (Wildman–Crippen MR) is 167 cm³/mol. The third-order valence-electron chi connectivity index (χ3n) is 8.32. The SMILES string of the molecule is CC(C)(C)OC(=O)CC(C)(CCCN1CCC(NC(=O)c2ccccc2-c2ccc(C(F)(F)F)cc2)CC1)c1ccc(F)cc1. The third-order valence-corrected chi connectivity index (χ3v) is 8.32. The van der Waals surface area contributed by atoms with Gasteiger partial charge in [0.15, 0.2) is 0 Å². The molecule has 3 aromatic rings. The first kappa shape index (κ1) is 34.2. The minimum Gasteiger partial charge on any atom is -0.460 e. The lowest BCUT2D eigenvalue weighted by atomic mass is 9.75. The second kappa shape index (κ2) is 14.1. The number of rotatable bonds is 10. The fraction of sp³-hybridized carbons (Fsp3) is 0.444. The van der Waals surface area contributed by atoms with Gasteiger partial charge in [0.25, 0.3) is 5.91 Å². The van der Waals surface area contributed by atoms with E-state index in [0.717, 1.165) is 63.0 Å². The molecular weight excluding hydrogens is 584 g/mol. The third kappa shape index (κ3) is 9.63. The van der Waals surface area contributed by atoms with Crippen molar-refractivity contribution in [2.24, 2.45) is 0 Å². The normalized spacial score (nSPS) is 16.2. The Bertz CT molecular complexity index is 1440. The number of alkyl halides is 3. The second-order valence-corrected chi connectivity index (χ2v) is 13.1. The van der Waals surface area contributed by atoms with Gasteiger partial charge in [-0.25, -0.2) is 4.39 Å². The molecule has 3 aromatic carbocycles. The van der Waals surface area contributed by atoms with Crippen molar-refractivity contribution in [2.75, 3.05) is 19.6 Å². The van der Waals surface area contributed by atoms with Crippen LogP contribution in [-0.2, 0) is 21.1 Å². The highest BCUT2D eigenvalue weighted by molar-refractivity contribution is 6.01. The van der Waals surface area contributed by atoms with Gasteiger partial charge in [0.05, 0.1) is 12.0 Å². The topological polar surface area (TPSA) is 58.6 Å². The van der Waals surface area contributed by atoms with Crippen LogP contribution >= 0.6 is 0 Å². The molecular formula is C36H42F4N2O3. The molecule has 0 bridgehead atoms. The quantitative estimate of drug-likeness (QED) is 0.182. The number of benzene rings is 3. The Balaban J connectivity index is 1.31. The highest BCUT2D eigenvalue weighted by Crippen LogP contribution is 2.35. The van der Waals surface area contributed by atoms with E-state index in [4.69, 9.17) is 4.74 Å². The molecule has 1 saturated heterocycles. The lowest BCUT2D eigenvalue weighted by Gasteiger charge is -2.34. The Morgan fingerprint density at radius 3 is 2.07 bits per heavy atom. The Hall–Kier alpha value is -3.72. The zero-order valence-corrected chi connectivity index (χ0v) is 26.3. The fourth-order valence-corrected chi connectivity index (χ4v) is 5.91. The van der Waals surface area contributed by atoms with E-state index >= 15 is 0 Å². The van der Waals surface area contributed by atoms with Crippen LogP contribution < -0.4 is 5.32 Å². The van der Waals surface area contributed by atoms with E-state index in [1.807, 2.05) is 27.7 Å². The molecule has 0 aromatic heterocycles. The highest BCUT2D eigenvalue weighted by atomic mass is 19.4. The monoisotopic (exact) mass is 626 g/mol. The number of amides is 1. The zero-order valence-electron chi connectivity index (χ0n) is 26.3. The summed E-state index contributed by atoms with van der Waals surface area (Å²) in [6.45, 7) is 9.95. The maximum atomic E-state index is 13.6. The van der Waals surface area contributed by atoms with Gasteiger partial charge in [0, 0.05) is 30.1 Å². The van der Waals surface area contributed by atoms with Gasteiger partial charge in [-0.3, -0.25) is 9.59 Å². The lowest BCUT2D eigenvalue weighted by Crippen LogP contribution is -2.45. The second-order valence-electron chi connectivity index (χ2n) is 13.1. The molecule has 0 saturated carbocycles. The van der Waals surface area contributed by atoms with Gasteiger partial charge >= 0.3 is 12.1 Å². The van der Waals surface area contributed by atoms with Crippen LogP contribution in [0.3, 0.4) is 0 Å². The van der Waals surface area contributed by atoms with Crippen molar-refractivity contribution >= 4 is 11.9 Å². The molecule has 1 N–H and O–H groups in total. The minimum absolute atomic E-state index is 0.0222. The molecule has 45 heavy (non-hydrogen) atoms. The van der Waals surface area contributed by atoms with Crippen molar-refractivity contribution in [2.45, 2.75) is 83.0 Å². The van der Waals surface area contributed by atoms with Crippen molar-refractivity contribution in [3.63, 3.8) is 0 Å². The van der Waals surface area contributed by atoms with Gasteiger partial charge in [0.2, 0.25) is 0 Å². The van der Waals surface area contributed by atoms with E-state index in [0.29, 0.717) is 16.7 Å². The molecule has 1 unspecified atom stereocenters. The van der Waals surface area contributed by atoms with E-state index in [9.17, 15) is 27.2 Å². The van der Waals surface area contributed by atoms with Crippen molar-refractivity contribution in [3.8, 4) is 11.1 Å². The molecule has 1 fully saturated rings. The van der Waals surface area contributed by atoms with Gasteiger partial charge in [0.1, 0.15) is 11.4 Å². The lowest BCUT2D eigenvalue weighted by molar-refractivity contribution is -0.156. The summed E-state index contributed by atoms with van der Waals surface area (Å²) in [4.78, 5) is 28.4. The summed E-state index contributed by atoms with van der Waals surface area (Å²) in [6, 6.07) is 18.1. The van der Waals surface area contributed by atoms with Gasteiger partial charge in [-0.2, -0.15) is 13.2 Å². The number of halogens is 4. The summed E-state index contributed by atoms with van der Waals surface area (Å²) in [7, 11) is 0. The summed E-state index contributed by atoms with van der Waals surface area (Å²) >= 11 is 0. The van der Waals surface area contributed by atoms with Crippen LogP contribution in [0.15, 0.2) is 72.8 Å². The first-order chi connectivity index (χ1) is 21.1. The van der Waals surface area contributed by atoms with Crippen molar-refractivity contribution in [1.82, 2.24) is 10.2 Å². The van der Waals surface area contributed by atoms with Gasteiger partial charge < -0.3 is 15.0 Å². The average molecular weight is 627 g/mol. The molecule has 0 radical (unpaired) electrons. The van der Waals surface area contributed by atoms with Crippen LogP contribution in [0, 0.1) is 5.82 Å². The van der Waals surface area contributed by atoms with Crippen LogP contribution in [0.2, 0.25) is 0 Å². The van der Waals surface area contributed by atoms with E-state index in [1.54, 1.807) is 36.4 Å². The molecule has 1 aliphatic rings. The molecule has 0 aliphatic carbocycles. The van der Waals surface area contributed by atoms with Gasteiger partial charge in [-0.1, -0.05) is 49.4 Å². The van der Waals surface area contributed by atoms with Crippen LogP contribution in [0.1, 0.15) is 81.3 Å². The molecule has 1 aliphatic heterocycles. The molecule has 4 rings (SSSR count). The van der Waals surface area contributed by atoms with E-state index in [-0.39, 0.29) is 30.2 Å². The van der Waals surface area contributed by atoms with Crippen LogP contribution in [-0.4, -0.2) is 48.1 Å². The molecule has 1 heterocycles. The van der Waals surface area contributed by atoms with Crippen LogP contribution in [0.25, 0.3) is 11.1 Å². The molecule has 5 nitrogen and oxygen atoms in total. The number of esters is 1. The maximum absolute atomic E-state index is 13.6. The number of carbonyl (C=O) groups is 2. The smallest absolute Gasteiger partial charge is 0.416 e. The van der Waals surface area contributed by atoms with Crippen molar-refractivity contribution in [1.29, 1.82) is 0 Å². The molecule has 242 valence electrons. The minimum atomic E-state index is -4.42. The fourth-order valence-electron chi connectivity index (χ4n) is 5.91. The standard InChI is InChI=1S/C36H42F4N2O3/c1-34(2,3)45-32(43)24-35(4,26-14-16-28(37)17-15-26)20-7-21-42-22-18-29(19-23-42)41-33(44)31-9-6-5-8-30(31)25-10-12-27(13-11-25)36(38,39)40/h5-6,8-17,29H,7,18-24H2,1-4H3,(H,41,44). The Morgan fingerprint density at radius 1 is 0.867 bits per heavy atom. The summed E-state index contributed by atoms with van der Waals surface area (Å²) in [6.07, 6.45) is -1.16. The number of hydrogen-bond acceptors (Lipinski definition) is 4. The van der Waals surface area contributed by atoms with Gasteiger partial charge in [-0.15, -0.1) is 0 Å². The summed E-state index contributed by atoms with van der Waals surface area (Å²) < 4.78 is 58.3. The Kier molecular flexibility index (Phi) is 10.7. The number of nitrogens with one attached hydrogen (secondary N) is 1. The molecule has 1 atom stereocenters. The number of hydrogen-bond donors (Lipinski definition) is 1. The van der Waals surface area contributed by atoms with Crippen molar-refractivity contribution in [3.05, 3.63) is 95.3 Å². The number of likely N-dealkylation sites (tertiary alicyclic amines) is 1. The van der Waals surface area contributed by atoms with Crippen LogP contribution in [0.5, 0.6) is 0 Å². The number of ether oxygens (including phenoxy) is 1. The number of carbonyl (C=O) groups excluding carboxylic acids is 2. The Morgan fingerprint density at radius 2 is 1.47 bits per heavy atom. The van der Waals surface area contributed by atoms with E-state index < -0.39 is 22.8 Å². The summed E-state index contributed by atoms with van der Waals surface area (Å²) in [5.74, 6) is -0.858. The largest absolute Gasteiger partial charge is 0.460 e.